The molecule has 0 spiro atoms. The summed E-state index contributed by atoms with van der Waals surface area (Å²) < 4.78 is 0. The van der Waals surface area contributed by atoms with Crippen LogP contribution in [-0.2, 0) is 6.54 Å². The Bertz CT molecular complexity index is 289. The molecule has 1 N–H and O–H groups in total. The molecule has 0 heterocycles. The minimum absolute atomic E-state index is 1.00. The molecule has 0 radical (unpaired) electrons. The van der Waals surface area contributed by atoms with Crippen LogP contribution in [0, 0.1) is 13.8 Å². The number of thioether (sulfide) groups is 1. The molecule has 16 heavy (non-hydrogen) atoms. The summed E-state index contributed by atoms with van der Waals surface area (Å²) in [5.74, 6) is 1.28. The minimum atomic E-state index is 1.00. The summed E-state index contributed by atoms with van der Waals surface area (Å²) in [6.45, 7) is 6.46. The molecule has 0 aliphatic heterocycles. The average Bonchev–Trinajstić information content (AvgIpc) is 2.22. The molecule has 0 bridgehead atoms. The van der Waals surface area contributed by atoms with Crippen LogP contribution in [0.3, 0.4) is 0 Å². The monoisotopic (exact) mass is 237 g/mol. The minimum Gasteiger partial charge on any atom is -0.313 e. The van der Waals surface area contributed by atoms with Crippen molar-refractivity contribution in [2.24, 2.45) is 0 Å². The van der Waals surface area contributed by atoms with Crippen molar-refractivity contribution in [2.45, 2.75) is 33.2 Å². The lowest BCUT2D eigenvalue weighted by atomic mass is 10.1. The second-order valence-corrected chi connectivity index (χ2v) is 5.36. The van der Waals surface area contributed by atoms with Crippen molar-refractivity contribution in [1.29, 1.82) is 0 Å². The second-order valence-electron chi connectivity index (χ2n) is 4.37. The summed E-state index contributed by atoms with van der Waals surface area (Å²) in [6.07, 6.45) is 4.77. The van der Waals surface area contributed by atoms with Gasteiger partial charge in [-0.2, -0.15) is 11.8 Å². The summed E-state index contributed by atoms with van der Waals surface area (Å²) in [4.78, 5) is 0. The van der Waals surface area contributed by atoms with Crippen LogP contribution in [0.2, 0.25) is 0 Å². The summed E-state index contributed by atoms with van der Waals surface area (Å²) >= 11 is 1.93. The van der Waals surface area contributed by atoms with Gasteiger partial charge < -0.3 is 5.32 Å². The molecule has 0 aromatic heterocycles. The fourth-order valence-electron chi connectivity index (χ4n) is 1.90. The van der Waals surface area contributed by atoms with E-state index in [4.69, 9.17) is 0 Å². The predicted molar refractivity (Wildman–Crippen MR) is 75.2 cm³/mol. The molecule has 1 nitrogen and oxygen atoms in total. The van der Waals surface area contributed by atoms with Crippen molar-refractivity contribution in [3.05, 3.63) is 34.9 Å². The largest absolute Gasteiger partial charge is 0.313 e. The van der Waals surface area contributed by atoms with Gasteiger partial charge in [0.15, 0.2) is 0 Å². The van der Waals surface area contributed by atoms with E-state index in [0.29, 0.717) is 0 Å². The molecular weight excluding hydrogens is 214 g/mol. The zero-order valence-electron chi connectivity index (χ0n) is 10.7. The molecule has 0 saturated carbocycles. The molecule has 0 unspecified atom stereocenters. The number of hydrogen-bond donors (Lipinski definition) is 1. The maximum atomic E-state index is 3.51. The van der Waals surface area contributed by atoms with Crippen LogP contribution in [0.25, 0.3) is 0 Å². The smallest absolute Gasteiger partial charge is 0.0205 e. The van der Waals surface area contributed by atoms with Crippen LogP contribution in [0.4, 0.5) is 0 Å². The van der Waals surface area contributed by atoms with Crippen LogP contribution in [0.5, 0.6) is 0 Å². The second kappa shape index (κ2) is 7.75. The Morgan fingerprint density at radius 1 is 1.06 bits per heavy atom. The summed E-state index contributed by atoms with van der Waals surface area (Å²) in [5.41, 5.74) is 4.13. The van der Waals surface area contributed by atoms with Gasteiger partial charge in [0.1, 0.15) is 0 Å². The number of unbranched alkanes of at least 4 members (excludes halogenated alkanes) is 1. The first-order chi connectivity index (χ1) is 7.72. The first kappa shape index (κ1) is 13.6. The van der Waals surface area contributed by atoms with E-state index in [-0.39, 0.29) is 0 Å². The van der Waals surface area contributed by atoms with Gasteiger partial charge in [-0.25, -0.2) is 0 Å². The first-order valence-electron chi connectivity index (χ1n) is 5.99. The van der Waals surface area contributed by atoms with Gasteiger partial charge in [-0.3, -0.25) is 0 Å². The number of hydrogen-bond acceptors (Lipinski definition) is 2. The first-order valence-corrected chi connectivity index (χ1v) is 7.38. The number of benzene rings is 1. The van der Waals surface area contributed by atoms with E-state index in [1.54, 1.807) is 0 Å². The molecule has 1 rings (SSSR count). The molecule has 1 aromatic rings. The van der Waals surface area contributed by atoms with Gasteiger partial charge in [-0.15, -0.1) is 0 Å². The maximum absolute atomic E-state index is 3.51. The van der Waals surface area contributed by atoms with Crippen LogP contribution in [-0.4, -0.2) is 18.6 Å². The van der Waals surface area contributed by atoms with Crippen LogP contribution >= 0.6 is 11.8 Å². The van der Waals surface area contributed by atoms with Crippen molar-refractivity contribution < 1.29 is 0 Å². The Labute approximate surface area is 104 Å². The van der Waals surface area contributed by atoms with E-state index in [2.05, 4.69) is 43.6 Å². The van der Waals surface area contributed by atoms with E-state index in [9.17, 15) is 0 Å². The van der Waals surface area contributed by atoms with Crippen molar-refractivity contribution >= 4 is 11.8 Å². The average molecular weight is 237 g/mol. The highest BCUT2D eigenvalue weighted by Gasteiger charge is 1.95. The Balaban J connectivity index is 2.21. The van der Waals surface area contributed by atoms with Gasteiger partial charge >= 0.3 is 0 Å². The Morgan fingerprint density at radius 2 is 1.75 bits per heavy atom. The topological polar surface area (TPSA) is 12.0 Å². The molecule has 0 atom stereocenters. The van der Waals surface area contributed by atoms with Gasteiger partial charge in [0, 0.05) is 6.54 Å². The summed E-state index contributed by atoms with van der Waals surface area (Å²) in [6, 6.07) is 6.76. The lowest BCUT2D eigenvalue weighted by Gasteiger charge is -2.07. The van der Waals surface area contributed by atoms with E-state index < -0.39 is 0 Å². The number of rotatable bonds is 7. The normalized spacial score (nSPS) is 10.7. The van der Waals surface area contributed by atoms with E-state index in [1.165, 1.54) is 35.3 Å². The van der Waals surface area contributed by atoms with Crippen molar-refractivity contribution in [3.63, 3.8) is 0 Å². The maximum Gasteiger partial charge on any atom is 0.0205 e. The number of aryl methyl sites for hydroxylation is 2. The van der Waals surface area contributed by atoms with Crippen molar-refractivity contribution in [1.82, 2.24) is 5.32 Å². The molecule has 0 saturated heterocycles. The highest BCUT2D eigenvalue weighted by Crippen LogP contribution is 2.08. The van der Waals surface area contributed by atoms with Crippen molar-refractivity contribution in [2.75, 3.05) is 18.6 Å². The third kappa shape index (κ3) is 5.57. The molecule has 90 valence electrons. The molecule has 0 aliphatic rings. The Morgan fingerprint density at radius 3 is 2.38 bits per heavy atom. The van der Waals surface area contributed by atoms with Crippen LogP contribution < -0.4 is 5.32 Å². The predicted octanol–water partition coefficient (Wildman–Crippen LogP) is 3.54. The van der Waals surface area contributed by atoms with E-state index in [0.717, 1.165) is 13.1 Å². The van der Waals surface area contributed by atoms with Gasteiger partial charge in [-0.05, 0) is 50.8 Å². The van der Waals surface area contributed by atoms with Crippen LogP contribution in [0.15, 0.2) is 18.2 Å². The molecule has 1 aromatic carbocycles. The highest BCUT2D eigenvalue weighted by molar-refractivity contribution is 7.98. The van der Waals surface area contributed by atoms with Gasteiger partial charge in [-0.1, -0.05) is 29.3 Å². The standard InChI is InChI=1S/C14H23NS/c1-12-8-13(2)10-14(9-12)11-15-6-4-5-7-16-3/h8-10,15H,4-7,11H2,1-3H3. The van der Waals surface area contributed by atoms with Crippen molar-refractivity contribution in [3.8, 4) is 0 Å². The quantitative estimate of drug-likeness (QED) is 0.728. The Hall–Kier alpha value is -0.470. The lowest BCUT2D eigenvalue weighted by molar-refractivity contribution is 0.643. The van der Waals surface area contributed by atoms with E-state index >= 15 is 0 Å². The lowest BCUT2D eigenvalue weighted by Crippen LogP contribution is -2.15. The molecule has 2 heteroatoms. The third-order valence-corrected chi connectivity index (χ3v) is 3.26. The fraction of sp³-hybridized carbons (Fsp3) is 0.571. The molecular formula is C14H23NS. The van der Waals surface area contributed by atoms with Crippen LogP contribution in [0.1, 0.15) is 29.5 Å². The third-order valence-electron chi connectivity index (χ3n) is 2.56. The molecule has 0 fully saturated rings. The van der Waals surface area contributed by atoms with Gasteiger partial charge in [0.05, 0.1) is 0 Å². The molecule has 0 amide bonds. The summed E-state index contributed by atoms with van der Waals surface area (Å²) in [7, 11) is 0. The fourth-order valence-corrected chi connectivity index (χ4v) is 2.39. The Kier molecular flexibility index (Phi) is 6.58. The number of nitrogens with one attached hydrogen (secondary N) is 1. The SMILES string of the molecule is CSCCCCNCc1cc(C)cc(C)c1. The van der Waals surface area contributed by atoms with Gasteiger partial charge in [0.25, 0.3) is 0 Å². The van der Waals surface area contributed by atoms with E-state index in [1.807, 2.05) is 11.8 Å². The molecule has 0 aliphatic carbocycles. The zero-order valence-corrected chi connectivity index (χ0v) is 11.5. The zero-order chi connectivity index (χ0) is 11.8. The summed E-state index contributed by atoms with van der Waals surface area (Å²) in [5, 5.41) is 3.51. The van der Waals surface area contributed by atoms with Gasteiger partial charge in [0.2, 0.25) is 0 Å². The highest BCUT2D eigenvalue weighted by atomic mass is 32.2.